The Morgan fingerprint density at radius 3 is 2.65 bits per heavy atom. The normalized spacial score (nSPS) is 24.9. The molecule has 5 nitrogen and oxygen atoms in total. The highest BCUT2D eigenvalue weighted by Gasteiger charge is 2.35. The first-order chi connectivity index (χ1) is 10.9. The first-order valence-electron chi connectivity index (χ1n) is 8.15. The van der Waals surface area contributed by atoms with Crippen molar-refractivity contribution in [3.8, 4) is 0 Å². The summed E-state index contributed by atoms with van der Waals surface area (Å²) in [4.78, 5) is 16.6. The van der Waals surface area contributed by atoms with E-state index in [1.165, 1.54) is 11.1 Å². The van der Waals surface area contributed by atoms with E-state index in [1.807, 2.05) is 13.0 Å². The van der Waals surface area contributed by atoms with E-state index in [-0.39, 0.29) is 29.5 Å². The summed E-state index contributed by atoms with van der Waals surface area (Å²) in [7, 11) is -1.23. The topological polar surface area (TPSA) is 57.7 Å². The molecule has 3 rings (SSSR count). The van der Waals surface area contributed by atoms with Gasteiger partial charge in [-0.3, -0.25) is 9.69 Å². The van der Waals surface area contributed by atoms with Crippen molar-refractivity contribution in [2.24, 2.45) is 0 Å². The number of carbonyl (C=O) groups is 1. The van der Waals surface area contributed by atoms with E-state index >= 15 is 0 Å². The first kappa shape index (κ1) is 16.5. The predicted octanol–water partition coefficient (Wildman–Crippen LogP) is 1.08. The largest absolute Gasteiger partial charge is 0.340 e. The minimum Gasteiger partial charge on any atom is -0.340 e. The van der Waals surface area contributed by atoms with E-state index in [0.29, 0.717) is 6.42 Å². The molecule has 1 aromatic carbocycles. The van der Waals surface area contributed by atoms with Crippen LogP contribution in [0.4, 0.5) is 0 Å². The molecule has 0 radical (unpaired) electrons. The molecule has 0 spiro atoms. The van der Waals surface area contributed by atoms with Crippen molar-refractivity contribution in [1.29, 1.82) is 0 Å². The van der Waals surface area contributed by atoms with Crippen LogP contribution in [0.1, 0.15) is 24.5 Å². The fourth-order valence-corrected chi connectivity index (χ4v) is 5.33. The quantitative estimate of drug-likeness (QED) is 0.829. The molecule has 2 atom stereocenters. The van der Waals surface area contributed by atoms with Gasteiger partial charge in [-0.25, -0.2) is 8.42 Å². The highest BCUT2D eigenvalue weighted by Crippen LogP contribution is 2.22. The molecule has 126 valence electrons. The van der Waals surface area contributed by atoms with E-state index < -0.39 is 9.84 Å². The Hall–Kier alpha value is -1.40. The van der Waals surface area contributed by atoms with Gasteiger partial charge in [-0.05, 0) is 30.9 Å². The maximum atomic E-state index is 12.7. The van der Waals surface area contributed by atoms with Crippen LogP contribution < -0.4 is 0 Å². The van der Waals surface area contributed by atoms with Crippen molar-refractivity contribution in [1.82, 2.24) is 9.80 Å². The van der Waals surface area contributed by atoms with Gasteiger partial charge in [0, 0.05) is 26.2 Å². The van der Waals surface area contributed by atoms with E-state index in [1.54, 1.807) is 11.9 Å². The zero-order valence-corrected chi connectivity index (χ0v) is 14.6. The molecule has 1 saturated heterocycles. The third kappa shape index (κ3) is 3.43. The van der Waals surface area contributed by atoms with E-state index in [9.17, 15) is 13.2 Å². The van der Waals surface area contributed by atoms with Gasteiger partial charge in [-0.2, -0.15) is 0 Å². The summed E-state index contributed by atoms with van der Waals surface area (Å²) in [6.45, 7) is 3.57. The lowest BCUT2D eigenvalue weighted by atomic mass is 9.98. The van der Waals surface area contributed by atoms with Crippen molar-refractivity contribution in [2.45, 2.75) is 38.4 Å². The van der Waals surface area contributed by atoms with Crippen molar-refractivity contribution < 1.29 is 13.2 Å². The van der Waals surface area contributed by atoms with Crippen LogP contribution in [0.2, 0.25) is 0 Å². The van der Waals surface area contributed by atoms with Crippen LogP contribution in [0.15, 0.2) is 24.3 Å². The minimum atomic E-state index is -2.97. The number of nitrogens with zero attached hydrogens (tertiary/aromatic N) is 2. The van der Waals surface area contributed by atoms with Crippen molar-refractivity contribution in [2.75, 3.05) is 25.1 Å². The lowest BCUT2D eigenvalue weighted by Gasteiger charge is -2.36. The molecule has 6 heteroatoms. The van der Waals surface area contributed by atoms with Crippen LogP contribution in [-0.2, 0) is 27.6 Å². The Morgan fingerprint density at radius 1 is 1.30 bits per heavy atom. The van der Waals surface area contributed by atoms with Gasteiger partial charge in [0.1, 0.15) is 0 Å². The summed E-state index contributed by atoms with van der Waals surface area (Å²) >= 11 is 0. The first-order valence-corrected chi connectivity index (χ1v) is 9.97. The number of likely N-dealkylation sites (N-methyl/N-ethyl adjacent to an activating group) is 1. The van der Waals surface area contributed by atoms with Gasteiger partial charge in [0.15, 0.2) is 9.84 Å². The highest BCUT2D eigenvalue weighted by molar-refractivity contribution is 7.91. The van der Waals surface area contributed by atoms with E-state index in [2.05, 4.69) is 23.1 Å². The molecule has 0 aliphatic carbocycles. The van der Waals surface area contributed by atoms with Crippen LogP contribution in [-0.4, -0.2) is 61.3 Å². The average molecular weight is 336 g/mol. The molecule has 0 saturated carbocycles. The Kier molecular flexibility index (Phi) is 4.47. The lowest BCUT2D eigenvalue weighted by Crippen LogP contribution is -2.50. The summed E-state index contributed by atoms with van der Waals surface area (Å²) in [6.07, 6.45) is 1.51. The number of rotatable bonds is 3. The van der Waals surface area contributed by atoms with E-state index in [0.717, 1.165) is 19.5 Å². The SMILES string of the molecule is C[C@@H](C(=O)N(C)[C@H]1CCS(=O)(=O)C1)N1CCc2ccccc2C1. The Balaban J connectivity index is 1.66. The number of hydrogen-bond donors (Lipinski definition) is 0. The second kappa shape index (κ2) is 6.24. The van der Waals surface area contributed by atoms with Crippen LogP contribution >= 0.6 is 0 Å². The molecule has 0 aromatic heterocycles. The smallest absolute Gasteiger partial charge is 0.239 e. The zero-order chi connectivity index (χ0) is 16.6. The molecule has 1 fully saturated rings. The van der Waals surface area contributed by atoms with Crippen molar-refractivity contribution >= 4 is 15.7 Å². The van der Waals surface area contributed by atoms with Crippen LogP contribution in [0, 0.1) is 0 Å². The van der Waals surface area contributed by atoms with E-state index in [4.69, 9.17) is 0 Å². The third-order valence-corrected chi connectivity index (χ3v) is 6.92. The molecule has 0 bridgehead atoms. The third-order valence-electron chi connectivity index (χ3n) is 5.17. The second-order valence-electron chi connectivity index (χ2n) is 6.67. The fourth-order valence-electron chi connectivity index (χ4n) is 3.56. The number of benzene rings is 1. The van der Waals surface area contributed by atoms with Gasteiger partial charge in [0.05, 0.1) is 17.5 Å². The Labute approximate surface area is 138 Å². The predicted molar refractivity (Wildman–Crippen MR) is 89.8 cm³/mol. The summed E-state index contributed by atoms with van der Waals surface area (Å²) in [5.74, 6) is 0.317. The number of carbonyl (C=O) groups excluding carboxylic acids is 1. The Morgan fingerprint density at radius 2 is 2.00 bits per heavy atom. The minimum absolute atomic E-state index is 0.0199. The maximum Gasteiger partial charge on any atom is 0.239 e. The lowest BCUT2D eigenvalue weighted by molar-refractivity contribution is -0.137. The van der Waals surface area contributed by atoms with Crippen LogP contribution in [0.3, 0.4) is 0 Å². The van der Waals surface area contributed by atoms with Crippen LogP contribution in [0.5, 0.6) is 0 Å². The average Bonchev–Trinajstić information content (AvgIpc) is 2.92. The number of amides is 1. The van der Waals surface area contributed by atoms with Gasteiger partial charge in [-0.1, -0.05) is 24.3 Å². The molecular formula is C17H24N2O3S. The van der Waals surface area contributed by atoms with Gasteiger partial charge >= 0.3 is 0 Å². The summed E-state index contributed by atoms with van der Waals surface area (Å²) in [5.41, 5.74) is 2.64. The molecule has 2 heterocycles. The molecule has 2 aliphatic rings. The van der Waals surface area contributed by atoms with Crippen molar-refractivity contribution in [3.63, 3.8) is 0 Å². The Bertz CT molecular complexity index is 702. The summed E-state index contributed by atoms with van der Waals surface area (Å²) in [5, 5.41) is 0. The van der Waals surface area contributed by atoms with Gasteiger partial charge in [0.25, 0.3) is 0 Å². The number of sulfone groups is 1. The molecule has 2 aliphatic heterocycles. The molecular weight excluding hydrogens is 312 g/mol. The molecule has 1 amide bonds. The molecule has 0 N–H and O–H groups in total. The van der Waals surface area contributed by atoms with Crippen LogP contribution in [0.25, 0.3) is 0 Å². The van der Waals surface area contributed by atoms with Gasteiger partial charge in [0.2, 0.25) is 5.91 Å². The van der Waals surface area contributed by atoms with Gasteiger partial charge in [-0.15, -0.1) is 0 Å². The number of hydrogen-bond acceptors (Lipinski definition) is 4. The van der Waals surface area contributed by atoms with Crippen molar-refractivity contribution in [3.05, 3.63) is 35.4 Å². The molecule has 23 heavy (non-hydrogen) atoms. The maximum absolute atomic E-state index is 12.7. The standard InChI is InChI=1S/C17H24N2O3S/c1-13(17(20)18(2)16-8-10-23(21,22)12-16)19-9-7-14-5-3-4-6-15(14)11-19/h3-6,13,16H,7-12H2,1-2H3/t13-,16-/m0/s1. The summed E-state index contributed by atoms with van der Waals surface area (Å²) in [6, 6.07) is 7.95. The molecule has 1 aromatic rings. The zero-order valence-electron chi connectivity index (χ0n) is 13.7. The van der Waals surface area contributed by atoms with Gasteiger partial charge < -0.3 is 4.90 Å². The molecule has 0 unspecified atom stereocenters. The fraction of sp³-hybridized carbons (Fsp3) is 0.588. The number of fused-ring (bicyclic) bond motifs is 1. The monoisotopic (exact) mass is 336 g/mol. The second-order valence-corrected chi connectivity index (χ2v) is 8.90. The highest BCUT2D eigenvalue weighted by atomic mass is 32.2. The summed E-state index contributed by atoms with van der Waals surface area (Å²) < 4.78 is 23.3.